The van der Waals surface area contributed by atoms with Gasteiger partial charge >= 0.3 is 5.97 Å². The Balaban J connectivity index is 2.86. The van der Waals surface area contributed by atoms with Crippen LogP contribution in [0.2, 0.25) is 0 Å². The fourth-order valence-electron chi connectivity index (χ4n) is 1.12. The number of hydrogen-bond donors (Lipinski definition) is 2. The van der Waals surface area contributed by atoms with Crippen LogP contribution in [0.4, 0.5) is 0 Å². The van der Waals surface area contributed by atoms with E-state index >= 15 is 0 Å². The Bertz CT molecular complexity index is 517. The Labute approximate surface area is 108 Å². The number of benzene rings is 1. The molecule has 0 bridgehead atoms. The van der Waals surface area contributed by atoms with Gasteiger partial charge in [0, 0.05) is 22.3 Å². The average molecular weight is 290 g/mol. The van der Waals surface area contributed by atoms with E-state index in [0.29, 0.717) is 11.9 Å². The van der Waals surface area contributed by atoms with Crippen LogP contribution in [0.5, 0.6) is 0 Å². The van der Waals surface area contributed by atoms with E-state index in [1.165, 1.54) is 24.3 Å². The van der Waals surface area contributed by atoms with Crippen molar-refractivity contribution in [2.24, 2.45) is 4.58 Å². The lowest BCUT2D eigenvalue weighted by molar-refractivity contribution is -0.138. The van der Waals surface area contributed by atoms with Crippen molar-refractivity contribution >= 4 is 27.9 Å². The number of sulfonamides is 1. The Kier molecular flexibility index (Phi) is 5.25. The zero-order valence-electron chi connectivity index (χ0n) is 9.02. The van der Waals surface area contributed by atoms with Crippen molar-refractivity contribution in [1.82, 2.24) is 4.72 Å². The molecule has 98 valence electrons. The highest BCUT2D eigenvalue weighted by Gasteiger charge is 2.25. The van der Waals surface area contributed by atoms with Crippen LogP contribution in [-0.2, 0) is 14.8 Å². The first-order valence-corrected chi connectivity index (χ1v) is 7.15. The number of hydrogen-bond acceptors (Lipinski definition) is 6. The Morgan fingerprint density at radius 1 is 1.39 bits per heavy atom. The van der Waals surface area contributed by atoms with Gasteiger partial charge in [-0.15, -0.1) is 4.91 Å². The van der Waals surface area contributed by atoms with Gasteiger partial charge in [-0.25, -0.2) is 8.42 Å². The second-order valence-corrected chi connectivity index (χ2v) is 5.65. The summed E-state index contributed by atoms with van der Waals surface area (Å²) >= 11 is 0.442. The van der Waals surface area contributed by atoms with Gasteiger partial charge in [0.15, 0.2) is 0 Å². The highest BCUT2D eigenvalue weighted by atomic mass is 32.2. The maximum atomic E-state index is 11.8. The molecular formula is C9H10N2O5S2. The van der Waals surface area contributed by atoms with Gasteiger partial charge in [-0.2, -0.15) is 4.72 Å². The standard InChI is InChI=1S/C9H10N2O5S2/c12-9(13)8(6-17-11-14)10-18(15,16)7-4-2-1-3-5-7/h1-5,8,10H,6H2,(H,12,13). The minimum atomic E-state index is -3.92. The molecule has 0 spiro atoms. The van der Waals surface area contributed by atoms with Gasteiger partial charge in [-0.1, -0.05) is 18.2 Å². The summed E-state index contributed by atoms with van der Waals surface area (Å²) in [7, 11) is -3.92. The van der Waals surface area contributed by atoms with Crippen LogP contribution in [0, 0.1) is 4.91 Å². The molecule has 0 saturated carbocycles. The highest BCUT2D eigenvalue weighted by Crippen LogP contribution is 2.10. The molecule has 0 aliphatic carbocycles. The number of carbonyl (C=O) groups is 1. The highest BCUT2D eigenvalue weighted by molar-refractivity contribution is 7.98. The van der Waals surface area contributed by atoms with Crippen LogP contribution in [-0.4, -0.2) is 31.3 Å². The normalized spacial score (nSPS) is 12.9. The molecule has 0 aromatic heterocycles. The van der Waals surface area contributed by atoms with Crippen molar-refractivity contribution < 1.29 is 18.3 Å². The van der Waals surface area contributed by atoms with Gasteiger partial charge in [0.25, 0.3) is 0 Å². The molecule has 18 heavy (non-hydrogen) atoms. The fraction of sp³-hybridized carbons (Fsp3) is 0.222. The van der Waals surface area contributed by atoms with E-state index in [0.717, 1.165) is 0 Å². The van der Waals surface area contributed by atoms with E-state index in [4.69, 9.17) is 5.11 Å². The number of carboxylic acids is 1. The summed E-state index contributed by atoms with van der Waals surface area (Å²) in [5, 5.41) is 8.83. The van der Waals surface area contributed by atoms with Crippen LogP contribution in [0.15, 0.2) is 39.8 Å². The van der Waals surface area contributed by atoms with E-state index in [9.17, 15) is 18.1 Å². The minimum absolute atomic E-state index is 0.0414. The van der Waals surface area contributed by atoms with Crippen molar-refractivity contribution in [2.75, 3.05) is 5.75 Å². The summed E-state index contributed by atoms with van der Waals surface area (Å²) in [6, 6.07) is 5.95. The van der Waals surface area contributed by atoms with E-state index in [1.807, 2.05) is 4.72 Å². The van der Waals surface area contributed by atoms with Crippen LogP contribution in [0.25, 0.3) is 0 Å². The second-order valence-electron chi connectivity index (χ2n) is 3.20. The molecule has 1 aromatic rings. The first-order valence-electron chi connectivity index (χ1n) is 4.72. The monoisotopic (exact) mass is 290 g/mol. The summed E-state index contributed by atoms with van der Waals surface area (Å²) in [5.41, 5.74) is 0. The number of nitrogens with zero attached hydrogens (tertiary/aromatic N) is 1. The van der Waals surface area contributed by atoms with Crippen molar-refractivity contribution in [3.05, 3.63) is 35.2 Å². The molecule has 1 aromatic carbocycles. The van der Waals surface area contributed by atoms with Gasteiger partial charge in [0.2, 0.25) is 10.0 Å². The quantitative estimate of drug-likeness (QED) is 0.568. The predicted octanol–water partition coefficient (Wildman–Crippen LogP) is 0.833. The minimum Gasteiger partial charge on any atom is -0.480 e. The molecular weight excluding hydrogens is 280 g/mol. The largest absolute Gasteiger partial charge is 0.480 e. The predicted molar refractivity (Wildman–Crippen MR) is 66.4 cm³/mol. The van der Waals surface area contributed by atoms with Crippen LogP contribution in [0.3, 0.4) is 0 Å². The Morgan fingerprint density at radius 2 is 2.00 bits per heavy atom. The Morgan fingerprint density at radius 3 is 2.50 bits per heavy atom. The average Bonchev–Trinajstić information content (AvgIpc) is 2.35. The summed E-state index contributed by atoms with van der Waals surface area (Å²) in [6.07, 6.45) is 0. The third-order valence-electron chi connectivity index (χ3n) is 1.94. The third kappa shape index (κ3) is 4.09. The van der Waals surface area contributed by atoms with Crippen molar-refractivity contribution in [1.29, 1.82) is 0 Å². The van der Waals surface area contributed by atoms with Gasteiger partial charge in [0.1, 0.15) is 6.04 Å². The fourth-order valence-corrected chi connectivity index (χ4v) is 2.87. The lowest BCUT2D eigenvalue weighted by Gasteiger charge is -2.12. The van der Waals surface area contributed by atoms with Gasteiger partial charge in [0.05, 0.1) is 4.90 Å². The molecule has 1 rings (SSSR count). The molecule has 0 aliphatic heterocycles. The van der Waals surface area contributed by atoms with Crippen molar-refractivity contribution in [3.8, 4) is 0 Å². The zero-order valence-corrected chi connectivity index (χ0v) is 10.6. The number of aliphatic carboxylic acids is 1. The van der Waals surface area contributed by atoms with E-state index in [2.05, 4.69) is 4.58 Å². The molecule has 7 nitrogen and oxygen atoms in total. The molecule has 0 aliphatic rings. The molecule has 0 saturated heterocycles. The third-order valence-corrected chi connectivity index (χ3v) is 4.02. The van der Waals surface area contributed by atoms with Gasteiger partial charge in [-0.3, -0.25) is 4.79 Å². The molecule has 1 unspecified atom stereocenters. The summed E-state index contributed by atoms with van der Waals surface area (Å²) in [6.45, 7) is 0. The topological polar surface area (TPSA) is 113 Å². The molecule has 1 atom stereocenters. The maximum absolute atomic E-state index is 11.8. The zero-order chi connectivity index (χ0) is 13.6. The molecule has 0 radical (unpaired) electrons. The summed E-state index contributed by atoms with van der Waals surface area (Å²) < 4.78 is 28.1. The van der Waals surface area contributed by atoms with Crippen LogP contribution in [0.1, 0.15) is 0 Å². The van der Waals surface area contributed by atoms with Crippen LogP contribution >= 0.6 is 11.9 Å². The van der Waals surface area contributed by atoms with Crippen LogP contribution < -0.4 is 4.72 Å². The number of carboxylic acid groups (broad SMARTS) is 1. The van der Waals surface area contributed by atoms with Crippen molar-refractivity contribution in [3.63, 3.8) is 0 Å². The molecule has 0 amide bonds. The number of nitrogens with one attached hydrogen (secondary N) is 1. The number of nitroso groups, excluding NO2 is 1. The van der Waals surface area contributed by atoms with E-state index in [1.54, 1.807) is 6.07 Å². The van der Waals surface area contributed by atoms with Gasteiger partial charge in [-0.05, 0) is 12.1 Å². The Hall–Kier alpha value is -1.45. The van der Waals surface area contributed by atoms with Gasteiger partial charge < -0.3 is 5.11 Å². The summed E-state index contributed by atoms with van der Waals surface area (Å²) in [5.74, 6) is -1.64. The smallest absolute Gasteiger partial charge is 0.322 e. The lowest BCUT2D eigenvalue weighted by atomic mass is 10.4. The van der Waals surface area contributed by atoms with E-state index in [-0.39, 0.29) is 10.6 Å². The second kappa shape index (κ2) is 6.47. The van der Waals surface area contributed by atoms with Crippen molar-refractivity contribution in [2.45, 2.75) is 10.9 Å². The molecule has 0 fully saturated rings. The first kappa shape index (κ1) is 14.6. The van der Waals surface area contributed by atoms with E-state index < -0.39 is 22.0 Å². The molecule has 9 heteroatoms. The molecule has 0 heterocycles. The lowest BCUT2D eigenvalue weighted by Crippen LogP contribution is -2.42. The SMILES string of the molecule is O=NSCC(NS(=O)(=O)c1ccccc1)C(=O)O. The maximum Gasteiger partial charge on any atom is 0.322 e. The number of rotatable bonds is 7. The summed E-state index contributed by atoms with van der Waals surface area (Å²) in [4.78, 5) is 20.7. The first-order chi connectivity index (χ1) is 8.47. The molecule has 2 N–H and O–H groups in total.